The van der Waals surface area contributed by atoms with Gasteiger partial charge in [-0.15, -0.1) is 5.10 Å². The van der Waals surface area contributed by atoms with Crippen molar-refractivity contribution in [1.82, 2.24) is 30.1 Å². The van der Waals surface area contributed by atoms with E-state index in [4.69, 9.17) is 9.47 Å². The number of pyridine rings is 1. The molecule has 0 fully saturated rings. The fourth-order valence-corrected chi connectivity index (χ4v) is 5.09. The molecule has 1 aliphatic heterocycles. The Morgan fingerprint density at radius 2 is 1.92 bits per heavy atom. The highest BCUT2D eigenvalue weighted by Gasteiger charge is 2.30. The maximum Gasteiger partial charge on any atom is 0.252 e. The highest BCUT2D eigenvalue weighted by atomic mass is 16.7. The first-order valence-corrected chi connectivity index (χ1v) is 13.3. The molecular weight excluding hydrogens is 480 g/mol. The second-order valence-corrected chi connectivity index (χ2v) is 11.1. The first-order chi connectivity index (χ1) is 18.2. The molecule has 0 bridgehead atoms. The van der Waals surface area contributed by atoms with Gasteiger partial charge in [-0.1, -0.05) is 43.2 Å². The van der Waals surface area contributed by atoms with Gasteiger partial charge >= 0.3 is 0 Å². The van der Waals surface area contributed by atoms with Crippen molar-refractivity contribution in [3.63, 3.8) is 0 Å². The lowest BCUT2D eigenvalue weighted by molar-refractivity contribution is 0.158. The SMILES string of the molecule is CCC[C@H](c1nnnn1C(C)(C)C)N(CCc1cccc(C)c1)Cc1cc2cc3c(cc2[nH]c1=O)OCO3. The maximum atomic E-state index is 13.3. The Labute approximate surface area is 222 Å². The van der Waals surface area contributed by atoms with Gasteiger partial charge in [0.2, 0.25) is 6.79 Å². The van der Waals surface area contributed by atoms with Crippen LogP contribution in [0.4, 0.5) is 0 Å². The van der Waals surface area contributed by atoms with Crippen LogP contribution in [0.25, 0.3) is 10.9 Å². The van der Waals surface area contributed by atoms with E-state index >= 15 is 0 Å². The zero-order chi connectivity index (χ0) is 26.9. The molecule has 9 heteroatoms. The summed E-state index contributed by atoms with van der Waals surface area (Å²) in [6.07, 6.45) is 2.68. The molecule has 0 spiro atoms. The Kier molecular flexibility index (Phi) is 7.21. The summed E-state index contributed by atoms with van der Waals surface area (Å²) in [7, 11) is 0. The first kappa shape index (κ1) is 25.9. The van der Waals surface area contributed by atoms with Crippen molar-refractivity contribution in [3.8, 4) is 11.5 Å². The van der Waals surface area contributed by atoms with Gasteiger partial charge in [-0.05, 0) is 68.7 Å². The van der Waals surface area contributed by atoms with Crippen LogP contribution in [0.2, 0.25) is 0 Å². The summed E-state index contributed by atoms with van der Waals surface area (Å²) in [5.41, 5.74) is 3.55. The van der Waals surface area contributed by atoms with Crippen LogP contribution in [-0.4, -0.2) is 43.4 Å². The number of nitrogens with zero attached hydrogens (tertiary/aromatic N) is 5. The minimum Gasteiger partial charge on any atom is -0.454 e. The Balaban J connectivity index is 1.53. The smallest absolute Gasteiger partial charge is 0.252 e. The zero-order valence-corrected chi connectivity index (χ0v) is 22.8. The van der Waals surface area contributed by atoms with E-state index in [1.54, 1.807) is 0 Å². The van der Waals surface area contributed by atoms with Gasteiger partial charge in [-0.3, -0.25) is 9.69 Å². The van der Waals surface area contributed by atoms with E-state index in [2.05, 4.69) is 84.3 Å². The molecule has 200 valence electrons. The molecule has 1 N–H and O–H groups in total. The van der Waals surface area contributed by atoms with Crippen molar-refractivity contribution >= 4 is 10.9 Å². The molecule has 5 rings (SSSR count). The Hall–Kier alpha value is -3.72. The second kappa shape index (κ2) is 10.6. The highest BCUT2D eigenvalue weighted by molar-refractivity contribution is 5.83. The van der Waals surface area contributed by atoms with E-state index in [1.165, 1.54) is 11.1 Å². The minimum absolute atomic E-state index is 0.0501. The third-order valence-corrected chi connectivity index (χ3v) is 6.99. The van der Waals surface area contributed by atoms with E-state index in [-0.39, 0.29) is 23.9 Å². The van der Waals surface area contributed by atoms with Crippen molar-refractivity contribution in [2.24, 2.45) is 0 Å². The number of nitrogens with one attached hydrogen (secondary N) is 1. The first-order valence-electron chi connectivity index (χ1n) is 13.3. The lowest BCUT2D eigenvalue weighted by Gasteiger charge is -2.33. The molecule has 0 saturated heterocycles. The summed E-state index contributed by atoms with van der Waals surface area (Å²) in [6.45, 7) is 12.0. The fraction of sp³-hybridized carbons (Fsp3) is 0.448. The van der Waals surface area contributed by atoms with Crippen LogP contribution >= 0.6 is 0 Å². The van der Waals surface area contributed by atoms with Crippen molar-refractivity contribution in [3.05, 3.63) is 75.3 Å². The lowest BCUT2D eigenvalue weighted by Crippen LogP contribution is -2.36. The number of hydrogen-bond donors (Lipinski definition) is 1. The molecule has 0 radical (unpaired) electrons. The number of fused-ring (bicyclic) bond motifs is 2. The van der Waals surface area contributed by atoms with Gasteiger partial charge in [0.15, 0.2) is 17.3 Å². The molecule has 4 aromatic rings. The molecule has 0 amide bonds. The van der Waals surface area contributed by atoms with Gasteiger partial charge in [0.25, 0.3) is 5.56 Å². The standard InChI is InChI=1S/C29H36N6O3/c1-6-8-24(27-31-32-33-35(27)29(3,4)5)34(12-11-20-10-7-9-19(2)13-20)17-22-14-21-15-25-26(38-18-37-25)16-23(21)30-28(22)36/h7,9-10,13-16,24H,6,8,11-12,17-18H2,1-5H3,(H,30,36)/t24-/m1/s1. The van der Waals surface area contributed by atoms with E-state index in [1.807, 2.05) is 22.9 Å². The largest absolute Gasteiger partial charge is 0.454 e. The van der Waals surface area contributed by atoms with Crippen LogP contribution in [0.15, 0.2) is 47.3 Å². The van der Waals surface area contributed by atoms with E-state index in [0.717, 1.165) is 42.5 Å². The molecule has 1 atom stereocenters. The van der Waals surface area contributed by atoms with Crippen LogP contribution in [0.3, 0.4) is 0 Å². The maximum absolute atomic E-state index is 13.3. The molecule has 38 heavy (non-hydrogen) atoms. The molecular formula is C29H36N6O3. The average molecular weight is 517 g/mol. The third kappa shape index (κ3) is 5.43. The Morgan fingerprint density at radius 1 is 1.13 bits per heavy atom. The predicted molar refractivity (Wildman–Crippen MR) is 146 cm³/mol. The number of hydrogen-bond acceptors (Lipinski definition) is 7. The number of tetrazole rings is 1. The number of aromatic nitrogens is 5. The van der Waals surface area contributed by atoms with Crippen LogP contribution < -0.4 is 15.0 Å². The van der Waals surface area contributed by atoms with Gasteiger partial charge in [-0.25, -0.2) is 4.68 Å². The fourth-order valence-electron chi connectivity index (χ4n) is 5.09. The average Bonchev–Trinajstić information content (AvgIpc) is 3.54. The van der Waals surface area contributed by atoms with Crippen LogP contribution in [-0.2, 0) is 18.5 Å². The normalized spacial score (nSPS) is 13.9. The van der Waals surface area contributed by atoms with Crippen LogP contribution in [0, 0.1) is 6.92 Å². The summed E-state index contributed by atoms with van der Waals surface area (Å²) in [5, 5.41) is 13.8. The lowest BCUT2D eigenvalue weighted by atomic mass is 10.0. The van der Waals surface area contributed by atoms with Crippen LogP contribution in [0.1, 0.15) is 69.1 Å². The molecule has 0 saturated carbocycles. The van der Waals surface area contributed by atoms with Crippen molar-refractivity contribution in [2.75, 3.05) is 13.3 Å². The number of aromatic amines is 1. The van der Waals surface area contributed by atoms with Gasteiger partial charge < -0.3 is 14.5 Å². The second-order valence-electron chi connectivity index (χ2n) is 11.1. The van der Waals surface area contributed by atoms with Crippen LogP contribution in [0.5, 0.6) is 11.5 Å². The quantitative estimate of drug-likeness (QED) is 0.338. The van der Waals surface area contributed by atoms with Crippen molar-refractivity contribution in [2.45, 2.75) is 72.0 Å². The highest BCUT2D eigenvalue weighted by Crippen LogP contribution is 2.35. The number of H-pyrrole nitrogens is 1. The van der Waals surface area contributed by atoms with E-state index < -0.39 is 0 Å². The Bertz CT molecular complexity index is 1490. The summed E-state index contributed by atoms with van der Waals surface area (Å²) in [5.74, 6) is 2.17. The summed E-state index contributed by atoms with van der Waals surface area (Å²) < 4.78 is 13.0. The molecule has 1 aliphatic rings. The summed E-state index contributed by atoms with van der Waals surface area (Å²) >= 11 is 0. The van der Waals surface area contributed by atoms with E-state index in [0.29, 0.717) is 23.6 Å². The molecule has 9 nitrogen and oxygen atoms in total. The summed E-state index contributed by atoms with van der Waals surface area (Å²) in [6, 6.07) is 14.3. The van der Waals surface area contributed by atoms with Gasteiger partial charge in [0.05, 0.1) is 17.1 Å². The molecule has 0 aliphatic carbocycles. The number of aryl methyl sites for hydroxylation is 1. The van der Waals surface area contributed by atoms with Crippen molar-refractivity contribution < 1.29 is 9.47 Å². The van der Waals surface area contributed by atoms with Gasteiger partial charge in [-0.2, -0.15) is 0 Å². The number of benzene rings is 2. The van der Waals surface area contributed by atoms with Gasteiger partial charge in [0, 0.05) is 30.1 Å². The zero-order valence-electron chi connectivity index (χ0n) is 22.8. The van der Waals surface area contributed by atoms with Crippen molar-refractivity contribution in [1.29, 1.82) is 0 Å². The number of rotatable bonds is 9. The third-order valence-electron chi connectivity index (χ3n) is 6.99. The van der Waals surface area contributed by atoms with E-state index in [9.17, 15) is 4.79 Å². The minimum atomic E-state index is -0.268. The molecule has 2 aromatic carbocycles. The molecule has 0 unspecified atom stereocenters. The molecule has 3 heterocycles. The Morgan fingerprint density at radius 3 is 2.66 bits per heavy atom. The predicted octanol–water partition coefficient (Wildman–Crippen LogP) is 4.89. The monoisotopic (exact) mass is 516 g/mol. The summed E-state index contributed by atoms with van der Waals surface area (Å²) in [4.78, 5) is 18.7. The molecule has 2 aromatic heterocycles. The van der Waals surface area contributed by atoms with Gasteiger partial charge in [0.1, 0.15) is 0 Å². The number of ether oxygens (including phenoxy) is 2. The topological polar surface area (TPSA) is 98.2 Å².